The van der Waals surface area contributed by atoms with Crippen molar-refractivity contribution in [2.24, 2.45) is 5.41 Å². The van der Waals surface area contributed by atoms with Crippen molar-refractivity contribution in [1.29, 1.82) is 0 Å². The highest BCUT2D eigenvalue weighted by atomic mass is 16.4. The number of amides is 2. The zero-order valence-electron chi connectivity index (χ0n) is 13.5. The number of aliphatic hydroxyl groups is 1. The molecule has 1 rings (SSSR count). The second-order valence-corrected chi connectivity index (χ2v) is 5.47. The van der Waals surface area contributed by atoms with Gasteiger partial charge in [-0.1, -0.05) is 13.8 Å². The Kier molecular flexibility index (Phi) is 6.68. The third-order valence-corrected chi connectivity index (χ3v) is 4.24. The Balaban J connectivity index is 2.42. The molecule has 0 spiro atoms. The minimum Gasteiger partial charge on any atom is -0.444 e. The Morgan fingerprint density at radius 1 is 1.29 bits per heavy atom. The second kappa shape index (κ2) is 8.02. The molecule has 0 aliphatic carbocycles. The monoisotopic (exact) mass is 297 g/mol. The first-order valence-corrected chi connectivity index (χ1v) is 7.51. The number of aromatic nitrogens is 1. The largest absolute Gasteiger partial charge is 0.444 e. The molecule has 0 aliphatic rings. The van der Waals surface area contributed by atoms with Crippen LogP contribution in [-0.2, 0) is 6.54 Å². The molecule has 0 bridgehead atoms. The van der Waals surface area contributed by atoms with Crippen molar-refractivity contribution >= 4 is 6.03 Å². The van der Waals surface area contributed by atoms with E-state index in [2.05, 4.69) is 29.5 Å². The van der Waals surface area contributed by atoms with Crippen molar-refractivity contribution in [1.82, 2.24) is 15.6 Å². The Morgan fingerprint density at radius 2 is 1.95 bits per heavy atom. The lowest BCUT2D eigenvalue weighted by atomic mass is 9.79. The van der Waals surface area contributed by atoms with Crippen LogP contribution in [0.25, 0.3) is 0 Å². The maximum atomic E-state index is 11.8. The number of carbonyl (C=O) groups excluding carboxylic acids is 1. The van der Waals surface area contributed by atoms with Gasteiger partial charge in [-0.3, -0.25) is 0 Å². The molecular formula is C15H27N3O3. The molecule has 0 saturated heterocycles. The van der Waals surface area contributed by atoms with Crippen LogP contribution in [0, 0.1) is 19.3 Å². The standard InChI is InChI=1S/C15H27N3O3/c1-5-15(6-2,7-8-19)10-17-14(20)16-9-13-18-11(3)12(4)21-13/h19H,5-10H2,1-4H3,(H2,16,17,20). The van der Waals surface area contributed by atoms with Gasteiger partial charge in [0.25, 0.3) is 0 Å². The van der Waals surface area contributed by atoms with Gasteiger partial charge in [0.1, 0.15) is 5.76 Å². The fourth-order valence-corrected chi connectivity index (χ4v) is 2.28. The fraction of sp³-hybridized carbons (Fsp3) is 0.733. The second-order valence-electron chi connectivity index (χ2n) is 5.47. The Morgan fingerprint density at radius 3 is 2.43 bits per heavy atom. The molecule has 0 aromatic carbocycles. The first-order chi connectivity index (χ1) is 9.96. The number of rotatable bonds is 8. The van der Waals surface area contributed by atoms with Crippen LogP contribution in [0.3, 0.4) is 0 Å². The summed E-state index contributed by atoms with van der Waals surface area (Å²) in [6.07, 6.45) is 2.53. The summed E-state index contributed by atoms with van der Waals surface area (Å²) in [5, 5.41) is 14.8. The molecular weight excluding hydrogens is 270 g/mol. The summed E-state index contributed by atoms with van der Waals surface area (Å²) in [5.74, 6) is 1.28. The molecule has 3 N–H and O–H groups in total. The quantitative estimate of drug-likeness (QED) is 0.687. The average molecular weight is 297 g/mol. The fourth-order valence-electron chi connectivity index (χ4n) is 2.28. The molecule has 120 valence electrons. The number of aryl methyl sites for hydroxylation is 2. The van der Waals surface area contributed by atoms with Gasteiger partial charge in [-0.2, -0.15) is 0 Å². The molecule has 0 fully saturated rings. The predicted octanol–water partition coefficient (Wildman–Crippen LogP) is 2.28. The first kappa shape index (κ1) is 17.5. The van der Waals surface area contributed by atoms with E-state index in [1.165, 1.54) is 0 Å². The lowest BCUT2D eigenvalue weighted by Crippen LogP contribution is -2.42. The Bertz CT molecular complexity index is 434. The summed E-state index contributed by atoms with van der Waals surface area (Å²) in [5.41, 5.74) is 0.800. The van der Waals surface area contributed by atoms with E-state index in [1.54, 1.807) is 0 Å². The summed E-state index contributed by atoms with van der Waals surface area (Å²) >= 11 is 0. The molecule has 21 heavy (non-hydrogen) atoms. The predicted molar refractivity (Wildman–Crippen MR) is 80.9 cm³/mol. The van der Waals surface area contributed by atoms with Crippen LogP contribution in [0.2, 0.25) is 0 Å². The number of carbonyl (C=O) groups is 1. The molecule has 6 heteroatoms. The van der Waals surface area contributed by atoms with E-state index < -0.39 is 0 Å². The van der Waals surface area contributed by atoms with Crippen molar-refractivity contribution in [3.63, 3.8) is 0 Å². The molecule has 2 amide bonds. The van der Waals surface area contributed by atoms with Crippen molar-refractivity contribution in [2.45, 2.75) is 53.5 Å². The third kappa shape index (κ3) is 5.04. The molecule has 0 atom stereocenters. The van der Waals surface area contributed by atoms with E-state index in [9.17, 15) is 4.79 Å². The van der Waals surface area contributed by atoms with Crippen LogP contribution in [-0.4, -0.2) is 29.3 Å². The normalized spacial score (nSPS) is 11.5. The summed E-state index contributed by atoms with van der Waals surface area (Å²) in [6.45, 7) is 8.83. The molecule has 0 aliphatic heterocycles. The molecule has 0 saturated carbocycles. The van der Waals surface area contributed by atoms with Gasteiger partial charge in [-0.05, 0) is 38.5 Å². The van der Waals surface area contributed by atoms with Gasteiger partial charge in [0.05, 0.1) is 12.2 Å². The third-order valence-electron chi connectivity index (χ3n) is 4.24. The number of oxazole rings is 1. The van der Waals surface area contributed by atoms with E-state index in [0.29, 0.717) is 18.9 Å². The molecule has 1 heterocycles. The number of hydrogen-bond donors (Lipinski definition) is 3. The Labute approximate surface area is 126 Å². The zero-order valence-corrected chi connectivity index (χ0v) is 13.5. The highest BCUT2D eigenvalue weighted by Gasteiger charge is 2.26. The summed E-state index contributed by atoms with van der Waals surface area (Å²) in [7, 11) is 0. The summed E-state index contributed by atoms with van der Waals surface area (Å²) in [4.78, 5) is 16.0. The van der Waals surface area contributed by atoms with Crippen LogP contribution >= 0.6 is 0 Å². The minimum atomic E-state index is -0.243. The molecule has 1 aromatic heterocycles. The molecule has 0 radical (unpaired) electrons. The van der Waals surface area contributed by atoms with Gasteiger partial charge in [0.2, 0.25) is 5.89 Å². The van der Waals surface area contributed by atoms with E-state index in [1.807, 2.05) is 13.8 Å². The van der Waals surface area contributed by atoms with Gasteiger partial charge in [0, 0.05) is 13.2 Å². The van der Waals surface area contributed by atoms with Gasteiger partial charge in [-0.15, -0.1) is 0 Å². The number of aliphatic hydroxyl groups excluding tert-OH is 1. The highest BCUT2D eigenvalue weighted by Crippen LogP contribution is 2.29. The van der Waals surface area contributed by atoms with E-state index in [-0.39, 0.29) is 24.6 Å². The van der Waals surface area contributed by atoms with Crippen molar-refractivity contribution < 1.29 is 14.3 Å². The first-order valence-electron chi connectivity index (χ1n) is 7.51. The SMILES string of the molecule is CCC(CC)(CCO)CNC(=O)NCc1nc(C)c(C)o1. The van der Waals surface area contributed by atoms with Gasteiger partial charge < -0.3 is 20.2 Å². The number of nitrogens with zero attached hydrogens (tertiary/aromatic N) is 1. The number of nitrogens with one attached hydrogen (secondary N) is 2. The van der Waals surface area contributed by atoms with Crippen LogP contribution in [0.1, 0.15) is 50.5 Å². The summed E-state index contributed by atoms with van der Waals surface area (Å²) in [6, 6.07) is -0.243. The summed E-state index contributed by atoms with van der Waals surface area (Å²) < 4.78 is 5.40. The van der Waals surface area contributed by atoms with E-state index in [0.717, 1.165) is 24.3 Å². The van der Waals surface area contributed by atoms with Gasteiger partial charge in [0.15, 0.2) is 0 Å². The van der Waals surface area contributed by atoms with Crippen molar-refractivity contribution in [2.75, 3.05) is 13.2 Å². The Hall–Kier alpha value is -1.56. The zero-order chi connectivity index (χ0) is 15.9. The molecule has 1 aromatic rings. The van der Waals surface area contributed by atoms with Crippen molar-refractivity contribution in [3.8, 4) is 0 Å². The van der Waals surface area contributed by atoms with Gasteiger partial charge in [-0.25, -0.2) is 9.78 Å². The highest BCUT2D eigenvalue weighted by molar-refractivity contribution is 5.73. The maximum absolute atomic E-state index is 11.8. The van der Waals surface area contributed by atoms with Crippen molar-refractivity contribution in [3.05, 3.63) is 17.3 Å². The average Bonchev–Trinajstić information content (AvgIpc) is 2.80. The molecule has 6 nitrogen and oxygen atoms in total. The van der Waals surface area contributed by atoms with E-state index in [4.69, 9.17) is 9.52 Å². The minimum absolute atomic E-state index is 0.0395. The van der Waals surface area contributed by atoms with Crippen LogP contribution in [0.5, 0.6) is 0 Å². The number of hydrogen-bond acceptors (Lipinski definition) is 4. The smallest absolute Gasteiger partial charge is 0.315 e. The van der Waals surface area contributed by atoms with E-state index >= 15 is 0 Å². The maximum Gasteiger partial charge on any atom is 0.315 e. The lowest BCUT2D eigenvalue weighted by Gasteiger charge is -2.31. The topological polar surface area (TPSA) is 87.4 Å². The van der Waals surface area contributed by atoms with Crippen LogP contribution < -0.4 is 10.6 Å². The van der Waals surface area contributed by atoms with Crippen LogP contribution in [0.4, 0.5) is 4.79 Å². The lowest BCUT2D eigenvalue weighted by molar-refractivity contribution is 0.163. The van der Waals surface area contributed by atoms with Gasteiger partial charge >= 0.3 is 6.03 Å². The number of urea groups is 1. The van der Waals surface area contributed by atoms with Crippen LogP contribution in [0.15, 0.2) is 4.42 Å². The molecule has 0 unspecified atom stereocenters.